The lowest BCUT2D eigenvalue weighted by Gasteiger charge is -2.23. The number of nitrogens with one attached hydrogen (secondary N) is 1. The third-order valence-corrected chi connectivity index (χ3v) is 5.81. The second-order valence-electron chi connectivity index (χ2n) is 7.46. The Hall–Kier alpha value is -2.61. The summed E-state index contributed by atoms with van der Waals surface area (Å²) in [5.74, 6) is 0.269. The summed E-state index contributed by atoms with van der Waals surface area (Å²) >= 11 is 0. The molecule has 3 rings (SSSR count). The summed E-state index contributed by atoms with van der Waals surface area (Å²) in [5.41, 5.74) is 10.5. The highest BCUT2D eigenvalue weighted by Crippen LogP contribution is 2.44. The molecule has 0 saturated heterocycles. The van der Waals surface area contributed by atoms with E-state index in [9.17, 15) is 0 Å². The molecule has 0 radical (unpaired) electrons. The summed E-state index contributed by atoms with van der Waals surface area (Å²) < 4.78 is 0. The second kappa shape index (κ2) is 6.95. The average molecular weight is 345 g/mol. The monoisotopic (exact) mass is 344 g/mol. The normalized spacial score (nSPS) is 15.0. The zero-order valence-corrected chi connectivity index (χ0v) is 16.6. The predicted molar refractivity (Wildman–Crippen MR) is 113 cm³/mol. The lowest BCUT2D eigenvalue weighted by molar-refractivity contribution is 0.930. The van der Waals surface area contributed by atoms with E-state index in [0.717, 1.165) is 16.8 Å². The first kappa shape index (κ1) is 18.2. The first-order valence-electron chi connectivity index (χ1n) is 9.13. The summed E-state index contributed by atoms with van der Waals surface area (Å²) in [4.78, 5) is 2.10. The van der Waals surface area contributed by atoms with E-state index in [0.29, 0.717) is 5.71 Å². The van der Waals surface area contributed by atoms with Crippen LogP contribution in [0.4, 0.5) is 5.69 Å². The van der Waals surface area contributed by atoms with Crippen LogP contribution in [0.2, 0.25) is 0 Å². The van der Waals surface area contributed by atoms with E-state index in [2.05, 4.69) is 50.8 Å². The van der Waals surface area contributed by atoms with E-state index >= 15 is 0 Å². The van der Waals surface area contributed by atoms with Crippen LogP contribution in [0.1, 0.15) is 50.3 Å². The van der Waals surface area contributed by atoms with Crippen LogP contribution in [0.25, 0.3) is 0 Å². The molecule has 0 bridgehead atoms. The smallest absolute Gasteiger partial charge is 0.0688 e. The van der Waals surface area contributed by atoms with Gasteiger partial charge in [0, 0.05) is 36.8 Å². The van der Waals surface area contributed by atoms with Gasteiger partial charge < -0.3 is 4.90 Å². The average Bonchev–Trinajstić information content (AvgIpc) is 2.84. The number of hydrogen-bond donors (Lipinski definition) is 1. The first-order valence-corrected chi connectivity index (χ1v) is 9.13. The third kappa shape index (κ3) is 3.01. The van der Waals surface area contributed by atoms with Gasteiger partial charge in [0.25, 0.3) is 0 Å². The minimum absolute atomic E-state index is 0.269. The molecule has 0 amide bonds. The number of benzene rings is 2. The minimum Gasteiger partial charge on any atom is -0.378 e. The first-order chi connectivity index (χ1) is 12.3. The number of hydrogen-bond acceptors (Lipinski definition) is 2. The van der Waals surface area contributed by atoms with Crippen molar-refractivity contribution < 1.29 is 0 Å². The fourth-order valence-corrected chi connectivity index (χ4v) is 3.87. The van der Waals surface area contributed by atoms with Crippen LogP contribution >= 0.6 is 0 Å². The maximum atomic E-state index is 8.89. The van der Waals surface area contributed by atoms with Crippen LogP contribution in [-0.4, -0.2) is 19.8 Å². The van der Waals surface area contributed by atoms with Gasteiger partial charge in [-0.25, -0.2) is 0 Å². The van der Waals surface area contributed by atoms with Crippen molar-refractivity contribution in [3.63, 3.8) is 0 Å². The molecule has 26 heavy (non-hydrogen) atoms. The van der Waals surface area contributed by atoms with Crippen molar-refractivity contribution in [3.05, 3.63) is 87.5 Å². The van der Waals surface area contributed by atoms with Gasteiger partial charge in [0.1, 0.15) is 0 Å². The van der Waals surface area contributed by atoms with Gasteiger partial charge in [-0.1, -0.05) is 47.5 Å². The van der Waals surface area contributed by atoms with Crippen LogP contribution < -0.4 is 4.90 Å². The second-order valence-corrected chi connectivity index (χ2v) is 7.46. The van der Waals surface area contributed by atoms with Crippen LogP contribution in [0.3, 0.4) is 0 Å². The molecule has 2 heteroatoms. The molecule has 0 unspecified atom stereocenters. The molecular formula is C24H28N2. The summed E-state index contributed by atoms with van der Waals surface area (Å²) in [7, 11) is 4.09. The Morgan fingerprint density at radius 2 is 1.42 bits per heavy atom. The predicted octanol–water partition coefficient (Wildman–Crippen LogP) is 5.94. The van der Waals surface area contributed by atoms with Gasteiger partial charge >= 0.3 is 0 Å². The topological polar surface area (TPSA) is 27.1 Å². The van der Waals surface area contributed by atoms with Crippen LogP contribution in [-0.2, 0) is 0 Å². The lowest BCUT2D eigenvalue weighted by Crippen LogP contribution is -2.14. The molecule has 1 aliphatic rings. The molecule has 0 spiro atoms. The highest BCUT2D eigenvalue weighted by molar-refractivity contribution is 6.12. The molecule has 1 N–H and O–H groups in total. The Kier molecular flexibility index (Phi) is 4.86. The van der Waals surface area contributed by atoms with Gasteiger partial charge in [-0.05, 0) is 56.5 Å². The molecule has 2 aromatic carbocycles. The molecule has 0 aliphatic heterocycles. The summed E-state index contributed by atoms with van der Waals surface area (Å²) in [6.07, 6.45) is 0. The number of nitrogens with zero attached hydrogens (tertiary/aromatic N) is 1. The Balaban J connectivity index is 2.20. The molecule has 2 aromatic rings. The Morgan fingerprint density at radius 3 is 1.96 bits per heavy atom. The van der Waals surface area contributed by atoms with Gasteiger partial charge in [-0.3, -0.25) is 5.41 Å². The van der Waals surface area contributed by atoms with E-state index in [4.69, 9.17) is 5.41 Å². The fourth-order valence-electron chi connectivity index (χ4n) is 3.87. The molecule has 1 aliphatic carbocycles. The number of allylic oxidation sites excluding steroid dienone is 4. The highest BCUT2D eigenvalue weighted by atomic mass is 15.1. The highest BCUT2D eigenvalue weighted by Gasteiger charge is 2.28. The van der Waals surface area contributed by atoms with Crippen molar-refractivity contribution in [2.24, 2.45) is 0 Å². The van der Waals surface area contributed by atoms with E-state index in [1.54, 1.807) is 0 Å². The van der Waals surface area contributed by atoms with Crippen LogP contribution in [0.15, 0.2) is 70.8 Å². The Bertz CT molecular complexity index is 890. The van der Waals surface area contributed by atoms with Crippen molar-refractivity contribution in [3.8, 4) is 0 Å². The molecule has 0 atom stereocenters. The molecule has 0 aromatic heterocycles. The van der Waals surface area contributed by atoms with Crippen LogP contribution in [0.5, 0.6) is 0 Å². The SMILES string of the molecule is CC1=C(C)C(c2ccc(N(C)C)cc2C(=N)c2ccccc2)C(C)=C1C. The van der Waals surface area contributed by atoms with Gasteiger partial charge in [-0.15, -0.1) is 0 Å². The molecule has 0 saturated carbocycles. The zero-order valence-electron chi connectivity index (χ0n) is 16.6. The zero-order chi connectivity index (χ0) is 19.0. The summed E-state index contributed by atoms with van der Waals surface area (Å²) in [5, 5.41) is 8.89. The number of anilines is 1. The van der Waals surface area contributed by atoms with Gasteiger partial charge in [0.05, 0.1) is 5.71 Å². The third-order valence-electron chi connectivity index (χ3n) is 5.81. The molecule has 2 nitrogen and oxygen atoms in total. The largest absolute Gasteiger partial charge is 0.378 e. The van der Waals surface area contributed by atoms with E-state index < -0.39 is 0 Å². The quantitative estimate of drug-likeness (QED) is 0.683. The molecule has 134 valence electrons. The summed E-state index contributed by atoms with van der Waals surface area (Å²) in [6.45, 7) is 8.89. The number of rotatable bonds is 4. The van der Waals surface area contributed by atoms with Crippen molar-refractivity contribution in [2.75, 3.05) is 19.0 Å². The molecular weight excluding hydrogens is 316 g/mol. The standard InChI is InChI=1S/C24H28N2/c1-15-16(2)18(4)23(17(15)3)21-13-12-20(26(5)6)14-22(21)24(25)19-10-8-7-9-11-19/h7-14,23,25H,1-6H3. The maximum absolute atomic E-state index is 8.89. The Morgan fingerprint density at radius 1 is 0.846 bits per heavy atom. The van der Waals surface area contributed by atoms with Crippen molar-refractivity contribution in [2.45, 2.75) is 33.6 Å². The maximum Gasteiger partial charge on any atom is 0.0688 e. The minimum atomic E-state index is 0.269. The fraction of sp³-hybridized carbons (Fsp3) is 0.292. The van der Waals surface area contributed by atoms with Gasteiger partial charge in [0.15, 0.2) is 0 Å². The Labute approximate surface area is 157 Å². The van der Waals surface area contributed by atoms with E-state index in [-0.39, 0.29) is 5.92 Å². The van der Waals surface area contributed by atoms with E-state index in [1.165, 1.54) is 27.9 Å². The van der Waals surface area contributed by atoms with Crippen molar-refractivity contribution >= 4 is 11.4 Å². The molecule has 0 fully saturated rings. The lowest BCUT2D eigenvalue weighted by atomic mass is 9.83. The molecule has 0 heterocycles. The van der Waals surface area contributed by atoms with Crippen molar-refractivity contribution in [1.29, 1.82) is 5.41 Å². The van der Waals surface area contributed by atoms with Crippen LogP contribution in [0, 0.1) is 5.41 Å². The van der Waals surface area contributed by atoms with Gasteiger partial charge in [-0.2, -0.15) is 0 Å². The van der Waals surface area contributed by atoms with E-state index in [1.807, 2.05) is 44.4 Å². The van der Waals surface area contributed by atoms with Gasteiger partial charge in [0.2, 0.25) is 0 Å². The van der Waals surface area contributed by atoms with Crippen molar-refractivity contribution in [1.82, 2.24) is 0 Å². The summed E-state index contributed by atoms with van der Waals surface area (Å²) in [6, 6.07) is 16.6.